The van der Waals surface area contributed by atoms with Gasteiger partial charge in [-0.1, -0.05) is 5.16 Å². The molecule has 1 aromatic rings. The molecule has 1 unspecified atom stereocenters. The second-order valence-electron chi connectivity index (χ2n) is 3.39. The van der Waals surface area contributed by atoms with Crippen LogP contribution in [0.15, 0.2) is 4.52 Å². The average Bonchev–Trinajstić information content (AvgIpc) is 2.61. The largest absolute Gasteiger partial charge is 0.361 e. The number of hydrogen-bond donors (Lipinski definition) is 1. The Morgan fingerprint density at radius 1 is 1.50 bits per heavy atom. The second-order valence-corrected chi connectivity index (χ2v) is 3.39. The van der Waals surface area contributed by atoms with E-state index in [9.17, 15) is 0 Å². The van der Waals surface area contributed by atoms with Gasteiger partial charge in [-0.15, -0.1) is 0 Å². The lowest BCUT2D eigenvalue weighted by Crippen LogP contribution is -2.13. The van der Waals surface area contributed by atoms with Gasteiger partial charge in [0.2, 0.25) is 0 Å². The maximum Gasteiger partial charge on any atom is 0.138 e. The molecule has 0 amide bonds. The van der Waals surface area contributed by atoms with Crippen molar-refractivity contribution in [2.75, 3.05) is 6.54 Å². The molecule has 1 saturated heterocycles. The van der Waals surface area contributed by atoms with Crippen LogP contribution in [0, 0.1) is 13.8 Å². The van der Waals surface area contributed by atoms with Crippen LogP contribution < -0.4 is 5.32 Å². The van der Waals surface area contributed by atoms with Crippen LogP contribution in [-0.4, -0.2) is 11.7 Å². The summed E-state index contributed by atoms with van der Waals surface area (Å²) in [5, 5.41) is 7.39. The molecule has 12 heavy (non-hydrogen) atoms. The fourth-order valence-corrected chi connectivity index (χ4v) is 1.92. The molecule has 0 bridgehead atoms. The molecule has 1 aliphatic rings. The first kappa shape index (κ1) is 7.80. The number of aryl methyl sites for hydroxylation is 2. The molecule has 1 aromatic heterocycles. The third-order valence-electron chi connectivity index (χ3n) is 2.50. The lowest BCUT2D eigenvalue weighted by atomic mass is 10.0. The molecule has 2 heterocycles. The Balaban J connectivity index is 2.30. The van der Waals surface area contributed by atoms with E-state index in [1.54, 1.807) is 0 Å². The van der Waals surface area contributed by atoms with Gasteiger partial charge in [-0.25, -0.2) is 0 Å². The molecule has 1 N–H and O–H groups in total. The normalized spacial score (nSPS) is 23.3. The van der Waals surface area contributed by atoms with Crippen molar-refractivity contribution in [1.29, 1.82) is 0 Å². The Morgan fingerprint density at radius 2 is 2.33 bits per heavy atom. The maximum absolute atomic E-state index is 5.12. The Morgan fingerprint density at radius 3 is 2.83 bits per heavy atom. The van der Waals surface area contributed by atoms with Crippen LogP contribution in [0.1, 0.15) is 35.9 Å². The summed E-state index contributed by atoms with van der Waals surface area (Å²) in [5.74, 6) is 0.965. The summed E-state index contributed by atoms with van der Waals surface area (Å²) < 4.78 is 5.12. The topological polar surface area (TPSA) is 38.1 Å². The minimum Gasteiger partial charge on any atom is -0.361 e. The summed E-state index contributed by atoms with van der Waals surface area (Å²) in [6, 6.07) is 0.483. The van der Waals surface area contributed by atoms with E-state index in [4.69, 9.17) is 4.52 Å². The zero-order valence-electron chi connectivity index (χ0n) is 7.55. The van der Waals surface area contributed by atoms with Crippen molar-refractivity contribution in [3.05, 3.63) is 17.0 Å². The molecule has 3 heteroatoms. The van der Waals surface area contributed by atoms with Gasteiger partial charge in [0.25, 0.3) is 0 Å². The molecule has 0 radical (unpaired) electrons. The second kappa shape index (κ2) is 2.90. The first-order chi connectivity index (χ1) is 5.79. The molecule has 0 spiro atoms. The monoisotopic (exact) mass is 166 g/mol. The molecule has 66 valence electrons. The van der Waals surface area contributed by atoms with E-state index in [1.807, 2.05) is 13.8 Å². The van der Waals surface area contributed by atoms with Crippen molar-refractivity contribution < 1.29 is 4.52 Å². The van der Waals surface area contributed by atoms with Crippen molar-refractivity contribution >= 4 is 0 Å². The fraction of sp³-hybridized carbons (Fsp3) is 0.667. The zero-order valence-corrected chi connectivity index (χ0v) is 7.55. The lowest BCUT2D eigenvalue weighted by molar-refractivity contribution is 0.391. The molecule has 1 fully saturated rings. The molecule has 0 saturated carbocycles. The van der Waals surface area contributed by atoms with Crippen molar-refractivity contribution in [2.24, 2.45) is 0 Å². The van der Waals surface area contributed by atoms with E-state index in [1.165, 1.54) is 18.4 Å². The van der Waals surface area contributed by atoms with E-state index in [0.29, 0.717) is 6.04 Å². The third-order valence-corrected chi connectivity index (χ3v) is 2.50. The molecular weight excluding hydrogens is 152 g/mol. The molecular formula is C9H14N2O. The fourth-order valence-electron chi connectivity index (χ4n) is 1.92. The SMILES string of the molecule is Cc1noc(C)c1C1CCCN1. The van der Waals surface area contributed by atoms with E-state index in [0.717, 1.165) is 18.0 Å². The number of nitrogens with zero attached hydrogens (tertiary/aromatic N) is 1. The van der Waals surface area contributed by atoms with E-state index >= 15 is 0 Å². The Hall–Kier alpha value is -0.830. The molecule has 3 nitrogen and oxygen atoms in total. The first-order valence-corrected chi connectivity index (χ1v) is 4.45. The predicted molar refractivity (Wildman–Crippen MR) is 46.0 cm³/mol. The van der Waals surface area contributed by atoms with Gasteiger partial charge in [0, 0.05) is 11.6 Å². The van der Waals surface area contributed by atoms with Crippen LogP contribution in [0.4, 0.5) is 0 Å². The Bertz CT molecular complexity index is 255. The summed E-state index contributed by atoms with van der Waals surface area (Å²) >= 11 is 0. The highest BCUT2D eigenvalue weighted by atomic mass is 16.5. The Kier molecular flexibility index (Phi) is 1.89. The van der Waals surface area contributed by atoms with Gasteiger partial charge in [-0.3, -0.25) is 0 Å². The summed E-state index contributed by atoms with van der Waals surface area (Å²) in [6.45, 7) is 5.11. The van der Waals surface area contributed by atoms with E-state index in [2.05, 4.69) is 10.5 Å². The highest BCUT2D eigenvalue weighted by molar-refractivity contribution is 5.25. The summed E-state index contributed by atoms with van der Waals surface area (Å²) in [6.07, 6.45) is 2.47. The minimum atomic E-state index is 0.483. The maximum atomic E-state index is 5.12. The first-order valence-electron chi connectivity index (χ1n) is 4.45. The highest BCUT2D eigenvalue weighted by Crippen LogP contribution is 2.27. The lowest BCUT2D eigenvalue weighted by Gasteiger charge is -2.08. The highest BCUT2D eigenvalue weighted by Gasteiger charge is 2.22. The Labute approximate surface area is 72.1 Å². The van der Waals surface area contributed by atoms with Crippen molar-refractivity contribution in [1.82, 2.24) is 10.5 Å². The predicted octanol–water partition coefficient (Wildman–Crippen LogP) is 1.72. The van der Waals surface area contributed by atoms with Gasteiger partial charge in [-0.05, 0) is 33.2 Å². The zero-order chi connectivity index (χ0) is 8.55. The van der Waals surface area contributed by atoms with Crippen LogP contribution in [0.3, 0.4) is 0 Å². The molecule has 2 rings (SSSR count). The van der Waals surface area contributed by atoms with Crippen molar-refractivity contribution in [3.8, 4) is 0 Å². The molecule has 0 aromatic carbocycles. The average molecular weight is 166 g/mol. The van der Waals surface area contributed by atoms with Gasteiger partial charge in [0.1, 0.15) is 5.76 Å². The van der Waals surface area contributed by atoms with Gasteiger partial charge in [0.05, 0.1) is 5.69 Å². The summed E-state index contributed by atoms with van der Waals surface area (Å²) in [7, 11) is 0. The van der Waals surface area contributed by atoms with E-state index in [-0.39, 0.29) is 0 Å². The van der Waals surface area contributed by atoms with Gasteiger partial charge in [0.15, 0.2) is 0 Å². The number of nitrogens with one attached hydrogen (secondary N) is 1. The molecule has 1 atom stereocenters. The standard InChI is InChI=1S/C9H14N2O/c1-6-9(7(2)12-11-6)8-4-3-5-10-8/h8,10H,3-5H2,1-2H3. The third kappa shape index (κ3) is 1.14. The summed E-state index contributed by atoms with van der Waals surface area (Å²) in [5.41, 5.74) is 2.31. The molecule has 1 aliphatic heterocycles. The van der Waals surface area contributed by atoms with Crippen molar-refractivity contribution in [2.45, 2.75) is 32.7 Å². The van der Waals surface area contributed by atoms with Crippen LogP contribution in [0.5, 0.6) is 0 Å². The number of hydrogen-bond acceptors (Lipinski definition) is 3. The van der Waals surface area contributed by atoms with E-state index < -0.39 is 0 Å². The van der Waals surface area contributed by atoms with Gasteiger partial charge in [-0.2, -0.15) is 0 Å². The van der Waals surface area contributed by atoms with Crippen LogP contribution in [-0.2, 0) is 0 Å². The van der Waals surface area contributed by atoms with Crippen molar-refractivity contribution in [3.63, 3.8) is 0 Å². The smallest absolute Gasteiger partial charge is 0.138 e. The van der Waals surface area contributed by atoms with Crippen LogP contribution in [0.25, 0.3) is 0 Å². The number of aromatic nitrogens is 1. The van der Waals surface area contributed by atoms with Crippen LogP contribution in [0.2, 0.25) is 0 Å². The minimum absolute atomic E-state index is 0.483. The van der Waals surface area contributed by atoms with Gasteiger partial charge >= 0.3 is 0 Å². The summed E-state index contributed by atoms with van der Waals surface area (Å²) in [4.78, 5) is 0. The van der Waals surface area contributed by atoms with Gasteiger partial charge < -0.3 is 9.84 Å². The van der Waals surface area contributed by atoms with Crippen LogP contribution >= 0.6 is 0 Å². The number of rotatable bonds is 1. The molecule has 0 aliphatic carbocycles. The quantitative estimate of drug-likeness (QED) is 0.690.